The van der Waals surface area contributed by atoms with Gasteiger partial charge in [0.05, 0.1) is 12.5 Å². The highest BCUT2D eigenvalue weighted by Crippen LogP contribution is 2.43. The topological polar surface area (TPSA) is 33.4 Å². The minimum Gasteiger partial charge on any atom is -0.472 e. The lowest BCUT2D eigenvalue weighted by Gasteiger charge is -2.38. The van der Waals surface area contributed by atoms with E-state index in [1.54, 1.807) is 11.8 Å². The Balaban J connectivity index is 1.69. The molecule has 0 spiro atoms. The van der Waals surface area contributed by atoms with Crippen LogP contribution in [-0.4, -0.2) is 11.7 Å². The molecule has 0 radical (unpaired) electrons. The van der Waals surface area contributed by atoms with Gasteiger partial charge in [-0.05, 0) is 101 Å². The first kappa shape index (κ1) is 22.0. The van der Waals surface area contributed by atoms with E-state index in [9.17, 15) is 5.11 Å². The van der Waals surface area contributed by atoms with Crippen LogP contribution in [0.25, 0.3) is 0 Å². The van der Waals surface area contributed by atoms with Gasteiger partial charge in [0.1, 0.15) is 0 Å². The predicted molar refractivity (Wildman–Crippen MR) is 115 cm³/mol. The first-order valence-electron chi connectivity index (χ1n) is 10.9. The van der Waals surface area contributed by atoms with Crippen LogP contribution < -0.4 is 0 Å². The molecule has 1 aromatic heterocycles. The minimum atomic E-state index is 0.304. The van der Waals surface area contributed by atoms with Gasteiger partial charge in [0.2, 0.25) is 0 Å². The third kappa shape index (κ3) is 7.33. The van der Waals surface area contributed by atoms with Crippen molar-refractivity contribution in [2.45, 2.75) is 85.5 Å². The lowest BCUT2D eigenvalue weighted by Crippen LogP contribution is -2.27. The second-order valence-corrected chi connectivity index (χ2v) is 9.27. The van der Waals surface area contributed by atoms with Crippen molar-refractivity contribution in [3.63, 3.8) is 0 Å². The highest BCUT2D eigenvalue weighted by molar-refractivity contribution is 5.13. The van der Waals surface area contributed by atoms with E-state index in [-0.39, 0.29) is 0 Å². The fourth-order valence-electron chi connectivity index (χ4n) is 4.62. The number of allylic oxidation sites excluding steroid dienone is 4. The number of aryl methyl sites for hydroxylation is 1. The van der Waals surface area contributed by atoms with Gasteiger partial charge in [-0.1, -0.05) is 37.1 Å². The van der Waals surface area contributed by atoms with Gasteiger partial charge in [0.15, 0.2) is 0 Å². The molecule has 2 rings (SSSR count). The van der Waals surface area contributed by atoms with Crippen LogP contribution in [-0.2, 0) is 6.42 Å². The van der Waals surface area contributed by atoms with Gasteiger partial charge in [-0.25, -0.2) is 0 Å². The second-order valence-electron chi connectivity index (χ2n) is 9.27. The molecule has 1 aliphatic rings. The summed E-state index contributed by atoms with van der Waals surface area (Å²) in [6.07, 6.45) is 18.9. The summed E-state index contributed by atoms with van der Waals surface area (Å²) >= 11 is 0. The summed E-state index contributed by atoms with van der Waals surface area (Å²) in [4.78, 5) is 0. The zero-order valence-electron chi connectivity index (χ0n) is 18.0. The predicted octanol–water partition coefficient (Wildman–Crippen LogP) is 7.10. The molecule has 2 nitrogen and oxygen atoms in total. The zero-order valence-corrected chi connectivity index (χ0v) is 18.0. The Labute approximate surface area is 166 Å². The van der Waals surface area contributed by atoms with Gasteiger partial charge in [-0.2, -0.15) is 0 Å². The monoisotopic (exact) mass is 372 g/mol. The number of rotatable bonds is 11. The summed E-state index contributed by atoms with van der Waals surface area (Å²) in [5, 5.41) is 9.66. The first-order valence-corrected chi connectivity index (χ1v) is 10.9. The van der Waals surface area contributed by atoms with Gasteiger partial charge in [0.25, 0.3) is 0 Å². The smallest absolute Gasteiger partial charge is 0.0934 e. The van der Waals surface area contributed by atoms with E-state index in [1.807, 2.05) is 12.3 Å². The highest BCUT2D eigenvalue weighted by atomic mass is 16.3. The van der Waals surface area contributed by atoms with Crippen LogP contribution in [0.1, 0.15) is 84.6 Å². The Morgan fingerprint density at radius 3 is 2.85 bits per heavy atom. The average Bonchev–Trinajstić information content (AvgIpc) is 3.13. The Kier molecular flexibility index (Phi) is 8.89. The maximum Gasteiger partial charge on any atom is 0.0934 e. The summed E-state index contributed by atoms with van der Waals surface area (Å²) < 4.78 is 5.12. The first-order chi connectivity index (χ1) is 12.9. The van der Waals surface area contributed by atoms with Crippen molar-refractivity contribution >= 4 is 0 Å². The van der Waals surface area contributed by atoms with Gasteiger partial charge < -0.3 is 9.52 Å². The van der Waals surface area contributed by atoms with Crippen molar-refractivity contribution in [2.75, 3.05) is 6.61 Å². The lowest BCUT2D eigenvalue weighted by atomic mass is 9.67. The van der Waals surface area contributed by atoms with Crippen LogP contribution >= 0.6 is 0 Å². The fourth-order valence-corrected chi connectivity index (χ4v) is 4.62. The molecule has 2 heteroatoms. The van der Waals surface area contributed by atoms with E-state index in [0.717, 1.165) is 38.0 Å². The van der Waals surface area contributed by atoms with E-state index < -0.39 is 0 Å². The molecule has 0 fully saturated rings. The fraction of sp³-hybridized carbons (Fsp3) is 0.680. The van der Waals surface area contributed by atoms with E-state index >= 15 is 0 Å². The molecule has 1 N–H and O–H groups in total. The standard InChI is InChI=1S/C25H40O2/c1-20(13-14-24-21(2)9-7-16-25(24,3)4)8-5-10-22(18-26)11-6-12-23-15-17-27-19-23/h8-9,15,17,19,22,24,26H,5-7,10-14,16,18H2,1-4H3/b20-8+/t22-,24+/m0/s1. The molecule has 1 aliphatic carbocycles. The van der Waals surface area contributed by atoms with Crippen LogP contribution in [0.4, 0.5) is 0 Å². The van der Waals surface area contributed by atoms with Crippen molar-refractivity contribution in [1.29, 1.82) is 0 Å². The Bertz CT molecular complexity index is 592. The minimum absolute atomic E-state index is 0.304. The largest absolute Gasteiger partial charge is 0.472 e. The van der Waals surface area contributed by atoms with Crippen molar-refractivity contribution < 1.29 is 9.52 Å². The molecule has 1 aromatic rings. The molecule has 0 aromatic carbocycles. The van der Waals surface area contributed by atoms with E-state index in [1.165, 1.54) is 36.8 Å². The maximum absolute atomic E-state index is 9.66. The van der Waals surface area contributed by atoms with Crippen LogP contribution in [0.15, 0.2) is 46.3 Å². The van der Waals surface area contributed by atoms with Crippen LogP contribution in [0.3, 0.4) is 0 Å². The van der Waals surface area contributed by atoms with Gasteiger partial charge in [-0.3, -0.25) is 0 Å². The average molecular weight is 373 g/mol. The number of hydrogen-bond donors (Lipinski definition) is 1. The number of furan rings is 1. The summed E-state index contributed by atoms with van der Waals surface area (Å²) in [5.41, 5.74) is 4.81. The molecular weight excluding hydrogens is 332 g/mol. The normalized spacial score (nSPS) is 21.1. The molecule has 152 valence electrons. The molecular formula is C25H40O2. The molecule has 0 aliphatic heterocycles. The second kappa shape index (κ2) is 10.9. The Morgan fingerprint density at radius 1 is 1.37 bits per heavy atom. The van der Waals surface area contributed by atoms with Gasteiger partial charge >= 0.3 is 0 Å². The lowest BCUT2D eigenvalue weighted by molar-refractivity contribution is 0.204. The molecule has 0 saturated carbocycles. The van der Waals surface area contributed by atoms with Crippen molar-refractivity contribution in [3.8, 4) is 0 Å². The molecule has 0 amide bonds. The third-order valence-corrected chi connectivity index (χ3v) is 6.56. The Morgan fingerprint density at radius 2 is 2.19 bits per heavy atom. The summed E-state index contributed by atoms with van der Waals surface area (Å²) in [7, 11) is 0. The molecule has 27 heavy (non-hydrogen) atoms. The number of hydrogen-bond acceptors (Lipinski definition) is 2. The molecule has 0 saturated heterocycles. The quantitative estimate of drug-likeness (QED) is 0.420. The SMILES string of the molecule is CC1=CCCC(C)(C)[C@@H]1CC/C(C)=C/CC[C@H](CO)CCCc1ccoc1. The molecule has 0 bridgehead atoms. The van der Waals surface area contributed by atoms with Crippen LogP contribution in [0.5, 0.6) is 0 Å². The zero-order chi connectivity index (χ0) is 19.7. The van der Waals surface area contributed by atoms with E-state index in [2.05, 4.69) is 39.8 Å². The van der Waals surface area contributed by atoms with Gasteiger partial charge in [0, 0.05) is 6.61 Å². The molecule has 0 unspecified atom stereocenters. The number of aliphatic hydroxyl groups is 1. The number of aliphatic hydroxyl groups excluding tert-OH is 1. The third-order valence-electron chi connectivity index (χ3n) is 6.56. The molecule has 2 atom stereocenters. The van der Waals surface area contributed by atoms with Gasteiger partial charge in [-0.15, -0.1) is 0 Å². The van der Waals surface area contributed by atoms with Crippen LogP contribution in [0.2, 0.25) is 0 Å². The summed E-state index contributed by atoms with van der Waals surface area (Å²) in [5.74, 6) is 1.14. The van der Waals surface area contributed by atoms with Crippen molar-refractivity contribution in [2.24, 2.45) is 17.3 Å². The maximum atomic E-state index is 9.66. The summed E-state index contributed by atoms with van der Waals surface area (Å²) in [6, 6.07) is 2.03. The van der Waals surface area contributed by atoms with Crippen LogP contribution in [0, 0.1) is 17.3 Å². The molecule has 1 heterocycles. The summed E-state index contributed by atoms with van der Waals surface area (Å²) in [6.45, 7) is 9.77. The highest BCUT2D eigenvalue weighted by Gasteiger charge is 2.32. The van der Waals surface area contributed by atoms with E-state index in [4.69, 9.17) is 4.42 Å². The van der Waals surface area contributed by atoms with Crippen molar-refractivity contribution in [1.82, 2.24) is 0 Å². The van der Waals surface area contributed by atoms with E-state index in [0.29, 0.717) is 17.9 Å². The Hall–Kier alpha value is -1.28. The van der Waals surface area contributed by atoms with Crippen molar-refractivity contribution in [3.05, 3.63) is 47.5 Å².